The molecular weight excluding hydrogens is 234 g/mol. The van der Waals surface area contributed by atoms with Crippen LogP contribution in [0.15, 0.2) is 42.5 Å². The fourth-order valence-corrected chi connectivity index (χ4v) is 1.79. The molecule has 0 amide bonds. The second-order valence-electron chi connectivity index (χ2n) is 4.10. The molecule has 0 saturated heterocycles. The van der Waals surface area contributed by atoms with Gasteiger partial charge in [0, 0.05) is 30.4 Å². The highest BCUT2D eigenvalue weighted by molar-refractivity contribution is 6.30. The van der Waals surface area contributed by atoms with E-state index in [2.05, 4.69) is 0 Å². The third-order valence-electron chi connectivity index (χ3n) is 2.65. The lowest BCUT2D eigenvalue weighted by Gasteiger charge is -2.14. The maximum atomic E-state index is 9.89. The number of nitrogens with zero attached hydrogens (tertiary/aromatic N) is 1. The third kappa shape index (κ3) is 2.53. The van der Waals surface area contributed by atoms with Crippen molar-refractivity contribution in [3.63, 3.8) is 0 Å². The van der Waals surface area contributed by atoms with E-state index in [9.17, 15) is 5.11 Å². The number of anilines is 1. The van der Waals surface area contributed by atoms with E-state index in [1.54, 1.807) is 6.07 Å². The van der Waals surface area contributed by atoms with Crippen LogP contribution in [0.2, 0.25) is 5.02 Å². The zero-order valence-corrected chi connectivity index (χ0v) is 10.6. The Bertz CT molecular complexity index is 520. The molecule has 0 bridgehead atoms. The molecule has 0 aliphatic carbocycles. The molecule has 2 rings (SSSR count). The molecule has 2 aromatic rings. The van der Waals surface area contributed by atoms with Crippen molar-refractivity contribution in [1.29, 1.82) is 0 Å². The largest absolute Gasteiger partial charge is 0.507 e. The first kappa shape index (κ1) is 11.8. The Morgan fingerprint density at radius 3 is 2.24 bits per heavy atom. The molecule has 0 unspecified atom stereocenters. The Morgan fingerprint density at radius 2 is 1.65 bits per heavy atom. The molecule has 0 aliphatic rings. The molecule has 3 heteroatoms. The summed E-state index contributed by atoms with van der Waals surface area (Å²) in [6.45, 7) is 0. The maximum absolute atomic E-state index is 9.89. The lowest BCUT2D eigenvalue weighted by Crippen LogP contribution is -2.08. The van der Waals surface area contributed by atoms with Crippen molar-refractivity contribution in [1.82, 2.24) is 0 Å². The minimum atomic E-state index is 0.276. The number of benzene rings is 2. The first-order valence-corrected chi connectivity index (χ1v) is 5.72. The summed E-state index contributed by atoms with van der Waals surface area (Å²) in [6.07, 6.45) is 0. The topological polar surface area (TPSA) is 23.5 Å². The van der Waals surface area contributed by atoms with Gasteiger partial charge in [-0.15, -0.1) is 0 Å². The molecule has 88 valence electrons. The summed E-state index contributed by atoms with van der Waals surface area (Å²) in [5.74, 6) is 0.276. The van der Waals surface area contributed by atoms with Gasteiger partial charge in [0.25, 0.3) is 0 Å². The second-order valence-corrected chi connectivity index (χ2v) is 4.54. The van der Waals surface area contributed by atoms with Gasteiger partial charge in [-0.3, -0.25) is 0 Å². The van der Waals surface area contributed by atoms with E-state index >= 15 is 0 Å². The van der Waals surface area contributed by atoms with Crippen LogP contribution in [-0.2, 0) is 0 Å². The van der Waals surface area contributed by atoms with Crippen molar-refractivity contribution in [2.45, 2.75) is 0 Å². The standard InChI is InChI=1S/C14H14ClNO/c1-16(2)12-7-8-14(17)13(9-12)10-3-5-11(15)6-4-10/h3-9,17H,1-2H3. The predicted octanol–water partition coefficient (Wildman–Crippen LogP) is 3.78. The second kappa shape index (κ2) is 4.68. The van der Waals surface area contributed by atoms with Gasteiger partial charge in [0.15, 0.2) is 0 Å². The molecule has 0 heterocycles. The van der Waals surface area contributed by atoms with Crippen LogP contribution in [-0.4, -0.2) is 19.2 Å². The zero-order chi connectivity index (χ0) is 12.4. The van der Waals surface area contributed by atoms with Gasteiger partial charge in [0.05, 0.1) is 0 Å². The molecular formula is C14H14ClNO. The molecule has 0 saturated carbocycles. The SMILES string of the molecule is CN(C)c1ccc(O)c(-c2ccc(Cl)cc2)c1. The van der Waals surface area contributed by atoms with E-state index in [1.807, 2.05) is 55.4 Å². The summed E-state index contributed by atoms with van der Waals surface area (Å²) in [7, 11) is 3.94. The van der Waals surface area contributed by atoms with Crippen molar-refractivity contribution < 1.29 is 5.11 Å². The highest BCUT2D eigenvalue weighted by Gasteiger charge is 2.06. The molecule has 0 spiro atoms. The van der Waals surface area contributed by atoms with Gasteiger partial charge in [0.2, 0.25) is 0 Å². The summed E-state index contributed by atoms with van der Waals surface area (Å²) >= 11 is 5.85. The normalized spacial score (nSPS) is 10.3. The monoisotopic (exact) mass is 247 g/mol. The first-order valence-electron chi connectivity index (χ1n) is 5.34. The van der Waals surface area contributed by atoms with E-state index in [0.717, 1.165) is 16.8 Å². The minimum Gasteiger partial charge on any atom is -0.507 e. The molecule has 2 aromatic carbocycles. The summed E-state index contributed by atoms with van der Waals surface area (Å²) in [6, 6.07) is 13.0. The van der Waals surface area contributed by atoms with Gasteiger partial charge in [0.1, 0.15) is 5.75 Å². The number of rotatable bonds is 2. The van der Waals surface area contributed by atoms with Crippen LogP contribution in [0.5, 0.6) is 5.75 Å². The Kier molecular flexibility index (Phi) is 3.25. The molecule has 1 N–H and O–H groups in total. The number of aromatic hydroxyl groups is 1. The summed E-state index contributed by atoms with van der Waals surface area (Å²) in [5.41, 5.74) is 2.82. The average molecular weight is 248 g/mol. The third-order valence-corrected chi connectivity index (χ3v) is 2.90. The number of hydrogen-bond acceptors (Lipinski definition) is 2. The summed E-state index contributed by atoms with van der Waals surface area (Å²) in [5, 5.41) is 10.6. The Morgan fingerprint density at radius 1 is 1.00 bits per heavy atom. The van der Waals surface area contributed by atoms with Crippen molar-refractivity contribution in [3.8, 4) is 16.9 Å². The van der Waals surface area contributed by atoms with Gasteiger partial charge in [-0.2, -0.15) is 0 Å². The van der Waals surface area contributed by atoms with E-state index in [4.69, 9.17) is 11.6 Å². The van der Waals surface area contributed by atoms with Crippen LogP contribution in [0.4, 0.5) is 5.69 Å². The van der Waals surface area contributed by atoms with Gasteiger partial charge < -0.3 is 10.0 Å². The zero-order valence-electron chi connectivity index (χ0n) is 9.81. The van der Waals surface area contributed by atoms with Crippen LogP contribution in [0.3, 0.4) is 0 Å². The van der Waals surface area contributed by atoms with Gasteiger partial charge >= 0.3 is 0 Å². The number of hydrogen-bond donors (Lipinski definition) is 1. The highest BCUT2D eigenvalue weighted by atomic mass is 35.5. The highest BCUT2D eigenvalue weighted by Crippen LogP contribution is 2.32. The van der Waals surface area contributed by atoms with Crippen LogP contribution in [0.1, 0.15) is 0 Å². The van der Waals surface area contributed by atoms with Crippen molar-refractivity contribution >= 4 is 17.3 Å². The molecule has 17 heavy (non-hydrogen) atoms. The molecule has 2 nitrogen and oxygen atoms in total. The van der Waals surface area contributed by atoms with E-state index in [1.165, 1.54) is 0 Å². The molecule has 0 aliphatic heterocycles. The van der Waals surface area contributed by atoms with Crippen LogP contribution in [0.25, 0.3) is 11.1 Å². The van der Waals surface area contributed by atoms with Crippen molar-refractivity contribution in [3.05, 3.63) is 47.5 Å². The number of phenols is 1. The fraction of sp³-hybridized carbons (Fsp3) is 0.143. The lowest BCUT2D eigenvalue weighted by molar-refractivity contribution is 0.477. The Balaban J connectivity index is 2.50. The predicted molar refractivity (Wildman–Crippen MR) is 72.9 cm³/mol. The maximum Gasteiger partial charge on any atom is 0.123 e. The molecule has 0 fully saturated rings. The quantitative estimate of drug-likeness (QED) is 0.873. The lowest BCUT2D eigenvalue weighted by atomic mass is 10.0. The first-order chi connectivity index (χ1) is 8.08. The van der Waals surface area contributed by atoms with Crippen LogP contribution in [0, 0.1) is 0 Å². The average Bonchev–Trinajstić information content (AvgIpc) is 2.31. The minimum absolute atomic E-state index is 0.276. The Labute approximate surface area is 106 Å². The molecule has 0 aromatic heterocycles. The van der Waals surface area contributed by atoms with Gasteiger partial charge in [-0.05, 0) is 35.9 Å². The molecule has 0 atom stereocenters. The number of phenolic OH excluding ortho intramolecular Hbond substituents is 1. The number of halogens is 1. The Hall–Kier alpha value is -1.67. The van der Waals surface area contributed by atoms with Crippen LogP contribution < -0.4 is 4.90 Å². The van der Waals surface area contributed by atoms with Gasteiger partial charge in [-0.25, -0.2) is 0 Å². The summed E-state index contributed by atoms with van der Waals surface area (Å²) in [4.78, 5) is 2.00. The van der Waals surface area contributed by atoms with E-state index < -0.39 is 0 Å². The van der Waals surface area contributed by atoms with E-state index in [0.29, 0.717) is 5.02 Å². The smallest absolute Gasteiger partial charge is 0.123 e. The van der Waals surface area contributed by atoms with Gasteiger partial charge in [-0.1, -0.05) is 23.7 Å². The van der Waals surface area contributed by atoms with Crippen molar-refractivity contribution in [2.75, 3.05) is 19.0 Å². The summed E-state index contributed by atoms with van der Waals surface area (Å²) < 4.78 is 0. The van der Waals surface area contributed by atoms with Crippen LogP contribution >= 0.6 is 11.6 Å². The fourth-order valence-electron chi connectivity index (χ4n) is 1.66. The van der Waals surface area contributed by atoms with Crippen molar-refractivity contribution in [2.24, 2.45) is 0 Å². The molecule has 0 radical (unpaired) electrons. The van der Waals surface area contributed by atoms with E-state index in [-0.39, 0.29) is 5.75 Å².